The van der Waals surface area contributed by atoms with Gasteiger partial charge in [0.2, 0.25) is 0 Å². The molecule has 1 aliphatic carbocycles. The number of aromatic nitrogens is 3. The first-order valence-electron chi connectivity index (χ1n) is 8.07. The molecule has 23 heavy (non-hydrogen) atoms. The predicted molar refractivity (Wildman–Crippen MR) is 96.5 cm³/mol. The van der Waals surface area contributed by atoms with Crippen LogP contribution in [-0.2, 0) is 0 Å². The molecule has 6 heteroatoms. The molecule has 0 bridgehead atoms. The van der Waals surface area contributed by atoms with E-state index in [0.717, 1.165) is 22.0 Å². The normalized spacial score (nSPS) is 16.1. The van der Waals surface area contributed by atoms with Crippen LogP contribution in [0.5, 0.6) is 0 Å². The first kappa shape index (κ1) is 15.0. The lowest BCUT2D eigenvalue weighted by Gasteiger charge is -2.24. The summed E-state index contributed by atoms with van der Waals surface area (Å²) in [7, 11) is 0. The van der Waals surface area contributed by atoms with Crippen molar-refractivity contribution in [2.45, 2.75) is 45.1 Å². The molecule has 0 atom stereocenters. The first-order chi connectivity index (χ1) is 11.2. The van der Waals surface area contributed by atoms with Gasteiger partial charge in [0.1, 0.15) is 11.5 Å². The molecule has 1 saturated carbocycles. The zero-order chi connectivity index (χ0) is 15.8. The Hall–Kier alpha value is -1.59. The maximum Gasteiger partial charge on any atom is 0.196 e. The molecule has 0 unspecified atom stereocenters. The molecule has 0 spiro atoms. The molecule has 4 nitrogen and oxygen atoms in total. The summed E-state index contributed by atoms with van der Waals surface area (Å²) < 4.78 is 2.21. The van der Waals surface area contributed by atoms with Crippen molar-refractivity contribution in [1.29, 1.82) is 0 Å². The summed E-state index contributed by atoms with van der Waals surface area (Å²) in [6.45, 7) is 2.12. The minimum Gasteiger partial charge on any atom is -0.367 e. The quantitative estimate of drug-likeness (QED) is 0.711. The zero-order valence-electron chi connectivity index (χ0n) is 13.1. The van der Waals surface area contributed by atoms with Gasteiger partial charge in [-0.1, -0.05) is 30.9 Å². The topological polar surface area (TPSA) is 42.2 Å². The third-order valence-corrected chi connectivity index (χ3v) is 5.75. The third-order valence-electron chi connectivity index (χ3n) is 4.51. The number of anilines is 1. The van der Waals surface area contributed by atoms with Gasteiger partial charge in [0.15, 0.2) is 4.96 Å². The molecule has 0 radical (unpaired) electrons. The fourth-order valence-electron chi connectivity index (χ4n) is 3.33. The van der Waals surface area contributed by atoms with Crippen molar-refractivity contribution in [2.75, 3.05) is 5.32 Å². The zero-order valence-corrected chi connectivity index (χ0v) is 14.6. The number of halogens is 1. The van der Waals surface area contributed by atoms with Crippen molar-refractivity contribution >= 4 is 33.7 Å². The molecule has 0 aliphatic heterocycles. The van der Waals surface area contributed by atoms with E-state index in [2.05, 4.69) is 27.0 Å². The second-order valence-electron chi connectivity index (χ2n) is 6.14. The van der Waals surface area contributed by atoms with E-state index < -0.39 is 0 Å². The number of imidazole rings is 1. The van der Waals surface area contributed by atoms with Crippen LogP contribution in [-0.4, -0.2) is 20.4 Å². The van der Waals surface area contributed by atoms with Crippen LogP contribution in [0.15, 0.2) is 23.8 Å². The highest BCUT2D eigenvalue weighted by molar-refractivity contribution is 7.15. The average Bonchev–Trinajstić information content (AvgIpc) is 3.10. The van der Waals surface area contributed by atoms with E-state index in [4.69, 9.17) is 16.6 Å². The molecule has 1 fully saturated rings. The van der Waals surface area contributed by atoms with Crippen LogP contribution in [0.2, 0.25) is 5.02 Å². The lowest BCUT2D eigenvalue weighted by molar-refractivity contribution is 0.461. The summed E-state index contributed by atoms with van der Waals surface area (Å²) >= 11 is 8.04. The van der Waals surface area contributed by atoms with Gasteiger partial charge in [0.25, 0.3) is 0 Å². The number of nitrogens with one attached hydrogen (secondary N) is 1. The van der Waals surface area contributed by atoms with Crippen LogP contribution in [0.1, 0.15) is 37.8 Å². The van der Waals surface area contributed by atoms with Crippen LogP contribution in [0.3, 0.4) is 0 Å². The Balaban J connectivity index is 1.83. The Morgan fingerprint density at radius 3 is 2.91 bits per heavy atom. The Kier molecular flexibility index (Phi) is 3.99. The number of pyridine rings is 1. The van der Waals surface area contributed by atoms with Crippen LogP contribution in [0.25, 0.3) is 16.2 Å². The summed E-state index contributed by atoms with van der Waals surface area (Å²) in [4.78, 5) is 9.93. The van der Waals surface area contributed by atoms with Crippen LogP contribution >= 0.6 is 22.9 Å². The van der Waals surface area contributed by atoms with Crippen molar-refractivity contribution < 1.29 is 0 Å². The maximum atomic E-state index is 6.37. The second-order valence-corrected chi connectivity index (χ2v) is 7.38. The molecule has 3 heterocycles. The fraction of sp³-hybridized carbons (Fsp3) is 0.412. The Morgan fingerprint density at radius 1 is 1.30 bits per heavy atom. The lowest BCUT2D eigenvalue weighted by Crippen LogP contribution is -2.23. The Bertz CT molecular complexity index is 832. The number of hydrogen-bond donors (Lipinski definition) is 1. The number of rotatable bonds is 3. The van der Waals surface area contributed by atoms with Gasteiger partial charge in [-0.05, 0) is 25.8 Å². The van der Waals surface area contributed by atoms with Crippen LogP contribution in [0, 0.1) is 6.92 Å². The molecular weight excluding hydrogens is 328 g/mol. The van der Waals surface area contributed by atoms with E-state index in [1.54, 1.807) is 23.7 Å². The number of thiazole rings is 1. The first-order valence-corrected chi connectivity index (χ1v) is 9.33. The fourth-order valence-corrected chi connectivity index (χ4v) is 4.40. The predicted octanol–water partition coefficient (Wildman–Crippen LogP) is 5.16. The van der Waals surface area contributed by atoms with E-state index in [-0.39, 0.29) is 0 Å². The highest BCUT2D eigenvalue weighted by atomic mass is 35.5. The van der Waals surface area contributed by atoms with Gasteiger partial charge in [0, 0.05) is 35.1 Å². The minimum atomic E-state index is 0.516. The Labute approximate surface area is 144 Å². The van der Waals surface area contributed by atoms with Crippen molar-refractivity contribution in [3.63, 3.8) is 0 Å². The van der Waals surface area contributed by atoms with E-state index in [1.165, 1.54) is 37.8 Å². The number of fused-ring (bicyclic) bond motifs is 1. The van der Waals surface area contributed by atoms with E-state index >= 15 is 0 Å². The molecule has 3 aromatic heterocycles. The molecule has 120 valence electrons. The third kappa shape index (κ3) is 2.72. The average molecular weight is 347 g/mol. The van der Waals surface area contributed by atoms with E-state index in [9.17, 15) is 0 Å². The summed E-state index contributed by atoms with van der Waals surface area (Å²) in [5.41, 5.74) is 3.07. The van der Waals surface area contributed by atoms with E-state index in [1.807, 2.05) is 6.07 Å². The van der Waals surface area contributed by atoms with Crippen molar-refractivity contribution in [2.24, 2.45) is 0 Å². The van der Waals surface area contributed by atoms with Gasteiger partial charge in [0.05, 0.1) is 5.02 Å². The summed E-state index contributed by atoms with van der Waals surface area (Å²) in [5.74, 6) is 1.07. The molecular formula is C17H19ClN4S. The molecule has 0 saturated heterocycles. The highest BCUT2D eigenvalue weighted by Gasteiger charge is 2.22. The van der Waals surface area contributed by atoms with Gasteiger partial charge in [-0.15, -0.1) is 11.3 Å². The number of nitrogens with zero attached hydrogens (tertiary/aromatic N) is 3. The summed E-state index contributed by atoms with van der Waals surface area (Å²) in [6, 6.07) is 2.46. The van der Waals surface area contributed by atoms with Gasteiger partial charge >= 0.3 is 0 Å². The van der Waals surface area contributed by atoms with Gasteiger partial charge in [-0.2, -0.15) is 0 Å². The van der Waals surface area contributed by atoms with Crippen LogP contribution < -0.4 is 5.32 Å². The van der Waals surface area contributed by atoms with Gasteiger partial charge < -0.3 is 5.32 Å². The molecule has 1 aliphatic rings. The smallest absolute Gasteiger partial charge is 0.196 e. The molecule has 1 N–H and O–H groups in total. The highest BCUT2D eigenvalue weighted by Crippen LogP contribution is 2.36. The van der Waals surface area contributed by atoms with Gasteiger partial charge in [-0.25, -0.2) is 4.98 Å². The molecule has 4 rings (SSSR count). The SMILES string of the molecule is Cc1csc2nc(-c3ccncc3Cl)c(NC3CCCCC3)n12. The van der Waals surface area contributed by atoms with Gasteiger partial charge in [-0.3, -0.25) is 9.38 Å². The summed E-state index contributed by atoms with van der Waals surface area (Å²) in [5, 5.41) is 6.54. The molecule has 3 aromatic rings. The van der Waals surface area contributed by atoms with Crippen molar-refractivity contribution in [3.8, 4) is 11.3 Å². The second kappa shape index (κ2) is 6.13. The van der Waals surface area contributed by atoms with Crippen molar-refractivity contribution in [1.82, 2.24) is 14.4 Å². The minimum absolute atomic E-state index is 0.516. The molecule has 0 aromatic carbocycles. The number of hydrogen-bond acceptors (Lipinski definition) is 4. The van der Waals surface area contributed by atoms with Crippen LogP contribution in [0.4, 0.5) is 5.82 Å². The number of aryl methyl sites for hydroxylation is 1. The molecule has 0 amide bonds. The Morgan fingerprint density at radius 2 is 2.13 bits per heavy atom. The van der Waals surface area contributed by atoms with Crippen molar-refractivity contribution in [3.05, 3.63) is 34.6 Å². The maximum absolute atomic E-state index is 6.37. The monoisotopic (exact) mass is 346 g/mol. The summed E-state index contributed by atoms with van der Waals surface area (Å²) in [6.07, 6.45) is 9.84. The lowest BCUT2D eigenvalue weighted by atomic mass is 9.95. The largest absolute Gasteiger partial charge is 0.367 e. The standard InChI is InChI=1S/C17H19ClN4S/c1-11-10-23-17-21-15(13-7-8-19-9-14(13)18)16(22(11)17)20-12-5-3-2-4-6-12/h7-10,12,20H,2-6H2,1H3. The van der Waals surface area contributed by atoms with E-state index in [0.29, 0.717) is 11.1 Å².